The fraction of sp³-hybridized carbons (Fsp3) is 0.105. The third kappa shape index (κ3) is 3.27. The predicted molar refractivity (Wildman–Crippen MR) is 94.3 cm³/mol. The Kier molecular flexibility index (Phi) is 4.45. The van der Waals surface area contributed by atoms with Crippen LogP contribution >= 0.6 is 0 Å². The van der Waals surface area contributed by atoms with E-state index in [0.717, 1.165) is 16.7 Å². The van der Waals surface area contributed by atoms with Gasteiger partial charge in [-0.2, -0.15) is 0 Å². The van der Waals surface area contributed by atoms with Crippen LogP contribution in [0.15, 0.2) is 51.7 Å². The van der Waals surface area contributed by atoms with Crippen molar-refractivity contribution < 1.29 is 24.2 Å². The smallest absolute Gasteiger partial charge is 0.346 e. The van der Waals surface area contributed by atoms with Gasteiger partial charge in [0.05, 0.1) is 5.39 Å². The fourth-order valence-corrected chi connectivity index (χ4v) is 2.71. The molecule has 3 rings (SSSR count). The highest BCUT2D eigenvalue weighted by Gasteiger charge is 2.21. The summed E-state index contributed by atoms with van der Waals surface area (Å²) in [6.07, 6.45) is 0. The van der Waals surface area contributed by atoms with Gasteiger partial charge in [-0.1, -0.05) is 35.9 Å². The Hall–Kier alpha value is -3.61. The van der Waals surface area contributed by atoms with Gasteiger partial charge >= 0.3 is 11.6 Å². The lowest BCUT2D eigenvalue weighted by Gasteiger charge is -2.09. The number of amides is 1. The van der Waals surface area contributed by atoms with Gasteiger partial charge in [-0.15, -0.1) is 0 Å². The zero-order chi connectivity index (χ0) is 18.8. The monoisotopic (exact) mass is 353 g/mol. The highest BCUT2D eigenvalue weighted by Crippen LogP contribution is 2.29. The summed E-state index contributed by atoms with van der Waals surface area (Å²) in [5.74, 6) is -2.94. The summed E-state index contributed by atoms with van der Waals surface area (Å²) in [4.78, 5) is 34.9. The van der Waals surface area contributed by atoms with Gasteiger partial charge in [-0.3, -0.25) is 9.59 Å². The Labute approximate surface area is 147 Å². The number of carboxylic acid groups (broad SMARTS) is 1. The maximum Gasteiger partial charge on any atom is 0.346 e. The number of fused-ring (bicyclic) bond motifs is 1. The Morgan fingerprint density at radius 2 is 1.81 bits per heavy atom. The number of carbonyl (C=O) groups is 2. The van der Waals surface area contributed by atoms with Gasteiger partial charge in [0.2, 0.25) is 0 Å². The van der Waals surface area contributed by atoms with Crippen molar-refractivity contribution in [2.75, 3.05) is 6.54 Å². The molecule has 1 aromatic heterocycles. The third-order valence-electron chi connectivity index (χ3n) is 3.89. The number of nitrogens with one attached hydrogen (secondary N) is 1. The van der Waals surface area contributed by atoms with Gasteiger partial charge in [0, 0.05) is 5.39 Å². The summed E-state index contributed by atoms with van der Waals surface area (Å²) < 4.78 is 4.71. The molecule has 3 N–H and O–H groups in total. The van der Waals surface area contributed by atoms with E-state index in [1.54, 1.807) is 12.1 Å². The van der Waals surface area contributed by atoms with Crippen molar-refractivity contribution >= 4 is 22.6 Å². The molecule has 0 bridgehead atoms. The summed E-state index contributed by atoms with van der Waals surface area (Å²) in [7, 11) is 0. The number of benzene rings is 2. The minimum atomic E-state index is -1.24. The molecule has 2 aromatic carbocycles. The van der Waals surface area contributed by atoms with Crippen molar-refractivity contribution in [1.29, 1.82) is 0 Å². The van der Waals surface area contributed by atoms with Crippen molar-refractivity contribution in [1.82, 2.24) is 5.32 Å². The maximum absolute atomic E-state index is 12.3. The highest BCUT2D eigenvalue weighted by atomic mass is 16.5. The average molecular weight is 353 g/mol. The molecule has 3 aromatic rings. The van der Waals surface area contributed by atoms with Crippen LogP contribution in [0.1, 0.15) is 15.9 Å². The Bertz CT molecular complexity index is 1080. The van der Waals surface area contributed by atoms with Crippen LogP contribution in [0.3, 0.4) is 0 Å². The molecule has 1 heterocycles. The van der Waals surface area contributed by atoms with Gasteiger partial charge < -0.3 is 19.9 Å². The fourth-order valence-electron chi connectivity index (χ4n) is 2.71. The molecule has 0 fully saturated rings. The van der Waals surface area contributed by atoms with Gasteiger partial charge in [0.1, 0.15) is 12.1 Å². The molecule has 7 heteroatoms. The molecule has 0 aliphatic heterocycles. The lowest BCUT2D eigenvalue weighted by Crippen LogP contribution is -2.29. The molecule has 132 valence electrons. The third-order valence-corrected chi connectivity index (χ3v) is 3.89. The summed E-state index contributed by atoms with van der Waals surface area (Å²) in [6, 6.07) is 12.5. The van der Waals surface area contributed by atoms with Crippen LogP contribution in [0.2, 0.25) is 0 Å². The van der Waals surface area contributed by atoms with E-state index in [1.165, 1.54) is 6.07 Å². The first-order chi connectivity index (χ1) is 12.4. The van der Waals surface area contributed by atoms with Crippen LogP contribution in [0.25, 0.3) is 21.9 Å². The van der Waals surface area contributed by atoms with E-state index < -0.39 is 30.0 Å². The van der Waals surface area contributed by atoms with E-state index in [9.17, 15) is 19.5 Å². The zero-order valence-electron chi connectivity index (χ0n) is 13.8. The first-order valence-electron chi connectivity index (χ1n) is 7.73. The maximum atomic E-state index is 12.3. The van der Waals surface area contributed by atoms with Crippen molar-refractivity contribution in [3.8, 4) is 17.1 Å². The van der Waals surface area contributed by atoms with Crippen molar-refractivity contribution in [3.63, 3.8) is 0 Å². The number of hydrogen-bond donors (Lipinski definition) is 3. The van der Waals surface area contributed by atoms with Crippen LogP contribution in [0, 0.1) is 6.92 Å². The zero-order valence-corrected chi connectivity index (χ0v) is 13.8. The molecule has 0 aliphatic carbocycles. The van der Waals surface area contributed by atoms with E-state index >= 15 is 0 Å². The molecule has 26 heavy (non-hydrogen) atoms. The topological polar surface area (TPSA) is 117 Å². The normalized spacial score (nSPS) is 10.7. The summed E-state index contributed by atoms with van der Waals surface area (Å²) in [5, 5.41) is 21.1. The molecule has 7 nitrogen and oxygen atoms in total. The van der Waals surface area contributed by atoms with Gasteiger partial charge in [-0.25, -0.2) is 4.79 Å². The molecule has 1 amide bonds. The number of carbonyl (C=O) groups excluding carboxylic acids is 1. The molecule has 0 atom stereocenters. The van der Waals surface area contributed by atoms with Crippen LogP contribution in [0.5, 0.6) is 5.95 Å². The first kappa shape index (κ1) is 17.2. The number of carboxylic acids is 1. The minimum absolute atomic E-state index is 0.111. The van der Waals surface area contributed by atoms with Gasteiger partial charge in [0.25, 0.3) is 11.9 Å². The minimum Gasteiger partial charge on any atom is -0.480 e. The lowest BCUT2D eigenvalue weighted by atomic mass is 9.98. The molecule has 0 spiro atoms. The highest BCUT2D eigenvalue weighted by molar-refractivity contribution is 6.09. The first-order valence-corrected chi connectivity index (χ1v) is 7.73. The van der Waals surface area contributed by atoms with Crippen LogP contribution in [-0.4, -0.2) is 28.6 Å². The number of aliphatic carboxylic acids is 1. The molecular formula is C19H15NO6. The number of rotatable bonds is 4. The standard InChI is InChI=1S/C19H15NO6/c1-10-3-2-4-11(7-10)12-5-6-13-14(8-12)16(19(25)26-18(13)24)17(23)20-9-15(21)22/h2-8,25H,9H2,1H3,(H,20,23)(H,21,22). The summed E-state index contributed by atoms with van der Waals surface area (Å²) >= 11 is 0. The van der Waals surface area contributed by atoms with E-state index in [-0.39, 0.29) is 16.3 Å². The number of hydrogen-bond acceptors (Lipinski definition) is 5. The Balaban J connectivity index is 2.20. The van der Waals surface area contributed by atoms with Crippen molar-refractivity contribution in [2.45, 2.75) is 6.92 Å². The van der Waals surface area contributed by atoms with Crippen molar-refractivity contribution in [2.24, 2.45) is 0 Å². The largest absolute Gasteiger partial charge is 0.480 e. The predicted octanol–water partition coefficient (Wildman–Crippen LogP) is 2.29. The van der Waals surface area contributed by atoms with Crippen LogP contribution in [-0.2, 0) is 4.79 Å². The molecule has 0 saturated heterocycles. The summed E-state index contributed by atoms with van der Waals surface area (Å²) in [6.45, 7) is 1.31. The van der Waals surface area contributed by atoms with Crippen LogP contribution < -0.4 is 10.9 Å². The van der Waals surface area contributed by atoms with E-state index in [0.29, 0.717) is 0 Å². The lowest BCUT2D eigenvalue weighted by molar-refractivity contribution is -0.135. The van der Waals surface area contributed by atoms with E-state index in [1.807, 2.05) is 31.2 Å². The molecular weight excluding hydrogens is 338 g/mol. The van der Waals surface area contributed by atoms with Crippen LogP contribution in [0.4, 0.5) is 0 Å². The molecule has 0 saturated carbocycles. The second-order valence-corrected chi connectivity index (χ2v) is 5.78. The molecule has 0 aliphatic rings. The van der Waals surface area contributed by atoms with Gasteiger partial charge in [-0.05, 0) is 30.2 Å². The number of aromatic hydroxyl groups is 1. The quantitative estimate of drug-likeness (QED) is 0.662. The van der Waals surface area contributed by atoms with E-state index in [4.69, 9.17) is 9.52 Å². The number of aryl methyl sites for hydroxylation is 1. The van der Waals surface area contributed by atoms with Crippen molar-refractivity contribution in [3.05, 3.63) is 64.0 Å². The molecule has 0 unspecified atom stereocenters. The Morgan fingerprint density at radius 1 is 1.08 bits per heavy atom. The Morgan fingerprint density at radius 3 is 2.50 bits per heavy atom. The SMILES string of the molecule is Cc1cccc(-c2ccc3c(=O)oc(O)c(C(=O)NCC(=O)O)c3c2)c1. The van der Waals surface area contributed by atoms with Gasteiger partial charge in [0.15, 0.2) is 0 Å². The second kappa shape index (κ2) is 6.72. The summed E-state index contributed by atoms with van der Waals surface area (Å²) in [5.41, 5.74) is 1.57. The van der Waals surface area contributed by atoms with E-state index in [2.05, 4.69) is 5.32 Å². The average Bonchev–Trinajstić information content (AvgIpc) is 2.59. The molecule has 0 radical (unpaired) electrons. The second-order valence-electron chi connectivity index (χ2n) is 5.78.